The van der Waals surface area contributed by atoms with Crippen LogP contribution in [0.5, 0.6) is 0 Å². The van der Waals surface area contributed by atoms with E-state index in [1.807, 2.05) is 11.8 Å². The molecule has 0 N–H and O–H groups in total. The number of carbonyl (C=O) groups is 3. The lowest BCUT2D eigenvalue weighted by Gasteiger charge is -2.29. The van der Waals surface area contributed by atoms with Gasteiger partial charge in [-0.25, -0.2) is 0 Å². The second-order valence-corrected chi connectivity index (χ2v) is 6.31. The first-order valence-corrected chi connectivity index (χ1v) is 7.91. The quantitative estimate of drug-likeness (QED) is 0.781. The van der Waals surface area contributed by atoms with Crippen molar-refractivity contribution in [3.8, 4) is 0 Å². The molecule has 2 aliphatic heterocycles. The Labute approximate surface area is 128 Å². The zero-order chi connectivity index (χ0) is 15.4. The Balaban J connectivity index is 1.69. The molecule has 3 aliphatic rings. The van der Waals surface area contributed by atoms with E-state index in [0.717, 1.165) is 12.8 Å². The Morgan fingerprint density at radius 1 is 1.05 bits per heavy atom. The fraction of sp³-hybridized carbons (Fsp3) is 0.471. The van der Waals surface area contributed by atoms with Crippen LogP contribution in [0.15, 0.2) is 24.3 Å². The number of likely N-dealkylation sites (tertiary alicyclic amines) is 1. The van der Waals surface area contributed by atoms with E-state index in [9.17, 15) is 14.4 Å². The molecular formula is C17H18N2O3. The molecule has 1 saturated carbocycles. The maximum atomic E-state index is 12.8. The molecule has 4 rings (SSSR count). The fourth-order valence-corrected chi connectivity index (χ4v) is 3.89. The standard InChI is InChI=1S/C17H18N2O3/c1-2-18-14-9-10(14)7-8-13(17(18)22)19-15(20)11-5-3-4-6-12(11)16(19)21/h3-6,10,13-14H,2,7-9H2,1H3/t10-,13-,14-/m0/s1. The summed E-state index contributed by atoms with van der Waals surface area (Å²) in [6, 6.07) is 6.49. The van der Waals surface area contributed by atoms with Crippen LogP contribution in [-0.2, 0) is 4.79 Å². The highest BCUT2D eigenvalue weighted by Gasteiger charge is 2.51. The van der Waals surface area contributed by atoms with Gasteiger partial charge in [0.25, 0.3) is 11.8 Å². The Hall–Kier alpha value is -2.17. The predicted molar refractivity (Wildman–Crippen MR) is 79.2 cm³/mol. The lowest BCUT2D eigenvalue weighted by Crippen LogP contribution is -2.50. The van der Waals surface area contributed by atoms with Gasteiger partial charge in [0.05, 0.1) is 11.1 Å². The highest BCUT2D eigenvalue weighted by atomic mass is 16.2. The number of carbonyl (C=O) groups excluding carboxylic acids is 3. The average molecular weight is 298 g/mol. The molecule has 3 atom stereocenters. The van der Waals surface area contributed by atoms with Gasteiger partial charge in [-0.1, -0.05) is 12.1 Å². The fourth-order valence-electron chi connectivity index (χ4n) is 3.89. The Kier molecular flexibility index (Phi) is 2.86. The predicted octanol–water partition coefficient (Wildman–Crippen LogP) is 1.68. The molecule has 5 heteroatoms. The molecule has 0 unspecified atom stereocenters. The smallest absolute Gasteiger partial charge is 0.262 e. The first kappa shape index (κ1) is 13.5. The van der Waals surface area contributed by atoms with Gasteiger partial charge in [0.15, 0.2) is 0 Å². The van der Waals surface area contributed by atoms with Gasteiger partial charge < -0.3 is 4.90 Å². The van der Waals surface area contributed by atoms with Crippen molar-refractivity contribution < 1.29 is 14.4 Å². The number of hydrogen-bond donors (Lipinski definition) is 0. The summed E-state index contributed by atoms with van der Waals surface area (Å²) in [5.74, 6) is -0.178. The summed E-state index contributed by atoms with van der Waals surface area (Å²) in [4.78, 5) is 41.0. The van der Waals surface area contributed by atoms with Crippen LogP contribution in [-0.4, -0.2) is 46.1 Å². The van der Waals surface area contributed by atoms with Crippen molar-refractivity contribution in [2.45, 2.75) is 38.3 Å². The molecule has 22 heavy (non-hydrogen) atoms. The molecule has 1 aromatic rings. The highest BCUT2D eigenvalue weighted by Crippen LogP contribution is 2.43. The lowest BCUT2D eigenvalue weighted by molar-refractivity contribution is -0.135. The summed E-state index contributed by atoms with van der Waals surface area (Å²) in [5.41, 5.74) is 0.829. The Bertz CT molecular complexity index is 649. The Morgan fingerprint density at radius 2 is 1.68 bits per heavy atom. The molecule has 0 aromatic heterocycles. The van der Waals surface area contributed by atoms with E-state index in [0.29, 0.717) is 36.1 Å². The second-order valence-electron chi connectivity index (χ2n) is 6.31. The van der Waals surface area contributed by atoms with E-state index in [4.69, 9.17) is 0 Å². The van der Waals surface area contributed by atoms with Crippen molar-refractivity contribution in [3.05, 3.63) is 35.4 Å². The summed E-state index contributed by atoms with van der Waals surface area (Å²) < 4.78 is 0. The van der Waals surface area contributed by atoms with E-state index in [1.54, 1.807) is 24.3 Å². The summed E-state index contributed by atoms with van der Waals surface area (Å²) >= 11 is 0. The molecule has 0 spiro atoms. The topological polar surface area (TPSA) is 57.7 Å². The molecule has 1 saturated heterocycles. The van der Waals surface area contributed by atoms with Crippen LogP contribution in [0.3, 0.4) is 0 Å². The van der Waals surface area contributed by atoms with Crippen LogP contribution in [0, 0.1) is 5.92 Å². The number of benzene rings is 1. The van der Waals surface area contributed by atoms with Crippen LogP contribution < -0.4 is 0 Å². The maximum absolute atomic E-state index is 12.8. The van der Waals surface area contributed by atoms with Gasteiger partial charge in [-0.05, 0) is 44.2 Å². The van der Waals surface area contributed by atoms with Gasteiger partial charge in [-0.15, -0.1) is 0 Å². The van der Waals surface area contributed by atoms with Gasteiger partial charge in [-0.3, -0.25) is 19.3 Å². The highest BCUT2D eigenvalue weighted by molar-refractivity contribution is 6.22. The first-order chi connectivity index (χ1) is 10.6. The van der Waals surface area contributed by atoms with Gasteiger partial charge in [0.2, 0.25) is 5.91 Å². The molecule has 1 aromatic carbocycles. The molecule has 5 nitrogen and oxygen atoms in total. The Morgan fingerprint density at radius 3 is 2.27 bits per heavy atom. The SMILES string of the molecule is CCN1C(=O)[C@@H](N2C(=O)c3ccccc3C2=O)CC[C@H]2C[C@@H]21. The van der Waals surface area contributed by atoms with Crippen LogP contribution in [0.1, 0.15) is 46.9 Å². The first-order valence-electron chi connectivity index (χ1n) is 7.91. The molecule has 2 heterocycles. The maximum Gasteiger partial charge on any atom is 0.262 e. The van der Waals surface area contributed by atoms with Crippen molar-refractivity contribution in [1.29, 1.82) is 0 Å². The third kappa shape index (κ3) is 1.74. The van der Waals surface area contributed by atoms with Crippen molar-refractivity contribution in [1.82, 2.24) is 9.80 Å². The normalized spacial score (nSPS) is 30.2. The van der Waals surface area contributed by atoms with E-state index < -0.39 is 6.04 Å². The number of fused-ring (bicyclic) bond motifs is 2. The summed E-state index contributed by atoms with van der Waals surface area (Å²) in [6.07, 6.45) is 2.56. The zero-order valence-corrected chi connectivity index (χ0v) is 12.5. The number of likely N-dealkylation sites (N-methyl/N-ethyl adjacent to an activating group) is 1. The minimum Gasteiger partial charge on any atom is -0.338 e. The van der Waals surface area contributed by atoms with E-state index in [-0.39, 0.29) is 17.7 Å². The average Bonchev–Trinajstić information content (AvgIpc) is 3.25. The number of rotatable bonds is 2. The summed E-state index contributed by atoms with van der Waals surface area (Å²) in [6.45, 7) is 2.59. The number of imide groups is 1. The van der Waals surface area contributed by atoms with Crippen molar-refractivity contribution in [2.24, 2.45) is 5.92 Å². The van der Waals surface area contributed by atoms with E-state index in [2.05, 4.69) is 0 Å². The molecule has 0 bridgehead atoms. The minimum atomic E-state index is -0.639. The number of hydrogen-bond acceptors (Lipinski definition) is 3. The van der Waals surface area contributed by atoms with E-state index >= 15 is 0 Å². The van der Waals surface area contributed by atoms with Crippen molar-refractivity contribution in [3.63, 3.8) is 0 Å². The lowest BCUT2D eigenvalue weighted by atomic mass is 10.1. The van der Waals surface area contributed by atoms with Crippen LogP contribution in [0.4, 0.5) is 0 Å². The van der Waals surface area contributed by atoms with Gasteiger partial charge in [0, 0.05) is 12.6 Å². The third-order valence-corrected chi connectivity index (χ3v) is 5.14. The molecule has 2 fully saturated rings. The largest absolute Gasteiger partial charge is 0.338 e. The zero-order valence-electron chi connectivity index (χ0n) is 12.5. The second kappa shape index (κ2) is 4.66. The molecular weight excluding hydrogens is 280 g/mol. The minimum absolute atomic E-state index is 0.0676. The summed E-state index contributed by atoms with van der Waals surface area (Å²) in [7, 11) is 0. The van der Waals surface area contributed by atoms with Gasteiger partial charge in [-0.2, -0.15) is 0 Å². The van der Waals surface area contributed by atoms with Gasteiger partial charge in [0.1, 0.15) is 6.04 Å². The van der Waals surface area contributed by atoms with Crippen LogP contribution in [0.25, 0.3) is 0 Å². The third-order valence-electron chi connectivity index (χ3n) is 5.14. The monoisotopic (exact) mass is 298 g/mol. The van der Waals surface area contributed by atoms with Gasteiger partial charge >= 0.3 is 0 Å². The molecule has 3 amide bonds. The van der Waals surface area contributed by atoms with Crippen LogP contribution in [0.2, 0.25) is 0 Å². The van der Waals surface area contributed by atoms with E-state index in [1.165, 1.54) is 4.90 Å². The summed E-state index contributed by atoms with van der Waals surface area (Å²) in [5, 5.41) is 0. The number of nitrogens with zero attached hydrogens (tertiary/aromatic N) is 2. The molecule has 1 aliphatic carbocycles. The molecule has 114 valence electrons. The van der Waals surface area contributed by atoms with Crippen molar-refractivity contribution in [2.75, 3.05) is 6.54 Å². The molecule has 0 radical (unpaired) electrons. The van der Waals surface area contributed by atoms with Crippen molar-refractivity contribution >= 4 is 17.7 Å². The number of amides is 3. The van der Waals surface area contributed by atoms with Crippen LogP contribution >= 0.6 is 0 Å².